The highest BCUT2D eigenvalue weighted by Gasteiger charge is 2.24. The summed E-state index contributed by atoms with van der Waals surface area (Å²) in [5.41, 5.74) is 0.157. The number of hydrogen-bond donors (Lipinski definition) is 1. The molecule has 22 heavy (non-hydrogen) atoms. The molecule has 1 aromatic heterocycles. The van der Waals surface area contributed by atoms with E-state index in [4.69, 9.17) is 4.42 Å². The van der Waals surface area contributed by atoms with Crippen LogP contribution in [-0.2, 0) is 6.54 Å². The number of furan rings is 1. The van der Waals surface area contributed by atoms with E-state index >= 15 is 0 Å². The van der Waals surface area contributed by atoms with Crippen LogP contribution in [0, 0.1) is 5.82 Å². The molecule has 4 nitrogen and oxygen atoms in total. The lowest BCUT2D eigenvalue weighted by Gasteiger charge is -2.32. The molecule has 1 N–H and O–H groups in total. The van der Waals surface area contributed by atoms with Crippen LogP contribution in [0.1, 0.15) is 29.0 Å². The normalized spacial score (nSPS) is 16.0. The Kier molecular flexibility index (Phi) is 4.53. The number of halogens is 1. The molecule has 0 spiro atoms. The van der Waals surface area contributed by atoms with Gasteiger partial charge in [0.2, 0.25) is 0 Å². The minimum absolute atomic E-state index is 0.157. The number of rotatable bonds is 4. The second-order valence-electron chi connectivity index (χ2n) is 5.51. The molecule has 3 rings (SSSR count). The predicted molar refractivity (Wildman–Crippen MR) is 80.9 cm³/mol. The van der Waals surface area contributed by atoms with Gasteiger partial charge in [0.15, 0.2) is 0 Å². The molecule has 0 radical (unpaired) electrons. The van der Waals surface area contributed by atoms with Crippen molar-refractivity contribution in [3.05, 3.63) is 59.8 Å². The largest absolute Gasteiger partial charge is 0.468 e. The maximum atomic E-state index is 13.7. The van der Waals surface area contributed by atoms with E-state index in [-0.39, 0.29) is 11.5 Å². The summed E-state index contributed by atoms with van der Waals surface area (Å²) in [5.74, 6) is 0.234. The Morgan fingerprint density at radius 2 is 2.00 bits per heavy atom. The van der Waals surface area contributed by atoms with Crippen LogP contribution in [0.3, 0.4) is 0 Å². The molecule has 0 unspecified atom stereocenters. The Balaban J connectivity index is 1.51. The van der Waals surface area contributed by atoms with Crippen LogP contribution in [0.25, 0.3) is 0 Å². The van der Waals surface area contributed by atoms with Gasteiger partial charge < -0.3 is 14.6 Å². The van der Waals surface area contributed by atoms with E-state index in [9.17, 15) is 9.18 Å². The molecule has 2 aromatic rings. The lowest BCUT2D eigenvalue weighted by molar-refractivity contribution is 0.0699. The van der Waals surface area contributed by atoms with Crippen LogP contribution < -0.4 is 5.32 Å². The average molecular weight is 302 g/mol. The SMILES string of the molecule is O=C(c1ccccc1F)N1CCC(NCc2ccco2)CC1. The number of amides is 1. The Bertz CT molecular complexity index is 619. The quantitative estimate of drug-likeness (QED) is 0.944. The maximum absolute atomic E-state index is 13.7. The summed E-state index contributed by atoms with van der Waals surface area (Å²) >= 11 is 0. The minimum atomic E-state index is -0.453. The summed E-state index contributed by atoms with van der Waals surface area (Å²) in [5, 5.41) is 3.43. The Labute approximate surface area is 128 Å². The third kappa shape index (κ3) is 3.36. The Morgan fingerprint density at radius 3 is 2.68 bits per heavy atom. The first kappa shape index (κ1) is 14.8. The van der Waals surface area contributed by atoms with Crippen molar-refractivity contribution in [2.45, 2.75) is 25.4 Å². The molecule has 5 heteroatoms. The summed E-state index contributed by atoms with van der Waals surface area (Å²) in [4.78, 5) is 14.0. The maximum Gasteiger partial charge on any atom is 0.256 e. The van der Waals surface area contributed by atoms with Crippen LogP contribution in [0.2, 0.25) is 0 Å². The van der Waals surface area contributed by atoms with E-state index in [0.717, 1.165) is 18.6 Å². The topological polar surface area (TPSA) is 45.5 Å². The van der Waals surface area contributed by atoms with Crippen molar-refractivity contribution >= 4 is 5.91 Å². The highest BCUT2D eigenvalue weighted by Crippen LogP contribution is 2.16. The van der Waals surface area contributed by atoms with E-state index in [1.807, 2.05) is 12.1 Å². The van der Waals surface area contributed by atoms with Crippen LogP contribution in [0.5, 0.6) is 0 Å². The molecular formula is C17H19FN2O2. The fourth-order valence-electron chi connectivity index (χ4n) is 2.75. The zero-order chi connectivity index (χ0) is 15.4. The van der Waals surface area contributed by atoms with Crippen molar-refractivity contribution in [1.29, 1.82) is 0 Å². The second kappa shape index (κ2) is 6.75. The van der Waals surface area contributed by atoms with Gasteiger partial charge in [-0.3, -0.25) is 4.79 Å². The van der Waals surface area contributed by atoms with Gasteiger partial charge in [0, 0.05) is 19.1 Å². The monoisotopic (exact) mass is 302 g/mol. The Hall–Kier alpha value is -2.14. The van der Waals surface area contributed by atoms with Crippen LogP contribution >= 0.6 is 0 Å². The smallest absolute Gasteiger partial charge is 0.256 e. The van der Waals surface area contributed by atoms with Gasteiger partial charge in [-0.05, 0) is 37.1 Å². The molecule has 2 heterocycles. The number of carbonyl (C=O) groups is 1. The number of nitrogens with zero attached hydrogens (tertiary/aromatic N) is 1. The van der Waals surface area contributed by atoms with Crippen molar-refractivity contribution in [1.82, 2.24) is 10.2 Å². The summed E-state index contributed by atoms with van der Waals surface area (Å²) in [6.45, 7) is 1.98. The molecule has 1 aliphatic rings. The van der Waals surface area contributed by atoms with E-state index in [1.165, 1.54) is 6.07 Å². The molecule has 1 amide bonds. The van der Waals surface area contributed by atoms with Crippen LogP contribution in [0.4, 0.5) is 4.39 Å². The van der Waals surface area contributed by atoms with Crippen LogP contribution in [-0.4, -0.2) is 29.9 Å². The van der Waals surface area contributed by atoms with Crippen molar-refractivity contribution < 1.29 is 13.6 Å². The number of nitrogens with one attached hydrogen (secondary N) is 1. The molecular weight excluding hydrogens is 283 g/mol. The Morgan fingerprint density at radius 1 is 1.23 bits per heavy atom. The third-order valence-corrected chi connectivity index (χ3v) is 4.03. The first-order valence-electron chi connectivity index (χ1n) is 7.53. The van der Waals surface area contributed by atoms with Gasteiger partial charge in [0.1, 0.15) is 11.6 Å². The molecule has 0 aliphatic carbocycles. The van der Waals surface area contributed by atoms with Gasteiger partial charge in [0.25, 0.3) is 5.91 Å². The molecule has 1 aromatic carbocycles. The van der Waals surface area contributed by atoms with Crippen molar-refractivity contribution in [2.24, 2.45) is 0 Å². The number of piperidine rings is 1. The van der Waals surface area contributed by atoms with E-state index in [2.05, 4.69) is 5.32 Å². The first-order valence-corrected chi connectivity index (χ1v) is 7.53. The summed E-state index contributed by atoms with van der Waals surface area (Å²) in [7, 11) is 0. The lowest BCUT2D eigenvalue weighted by atomic mass is 10.0. The van der Waals surface area contributed by atoms with Gasteiger partial charge in [-0.25, -0.2) is 4.39 Å². The van der Waals surface area contributed by atoms with Crippen LogP contribution in [0.15, 0.2) is 47.1 Å². The number of benzene rings is 1. The number of carbonyl (C=O) groups excluding carboxylic acids is 1. The van der Waals surface area contributed by atoms with Gasteiger partial charge in [-0.15, -0.1) is 0 Å². The average Bonchev–Trinajstić information content (AvgIpc) is 3.07. The number of hydrogen-bond acceptors (Lipinski definition) is 3. The predicted octanol–water partition coefficient (Wildman–Crippen LogP) is 2.81. The lowest BCUT2D eigenvalue weighted by Crippen LogP contribution is -2.44. The first-order chi connectivity index (χ1) is 10.7. The minimum Gasteiger partial charge on any atom is -0.468 e. The molecule has 1 fully saturated rings. The fourth-order valence-corrected chi connectivity index (χ4v) is 2.75. The second-order valence-corrected chi connectivity index (χ2v) is 5.51. The van der Waals surface area contributed by atoms with E-state index in [0.29, 0.717) is 25.7 Å². The zero-order valence-corrected chi connectivity index (χ0v) is 12.3. The molecule has 116 valence electrons. The van der Waals surface area contributed by atoms with Gasteiger partial charge in [0.05, 0.1) is 18.4 Å². The molecule has 0 saturated carbocycles. The van der Waals surface area contributed by atoms with Gasteiger partial charge in [-0.2, -0.15) is 0 Å². The summed E-state index contributed by atoms with van der Waals surface area (Å²) in [6.07, 6.45) is 3.38. The van der Waals surface area contributed by atoms with E-state index in [1.54, 1.807) is 29.4 Å². The molecule has 0 bridgehead atoms. The van der Waals surface area contributed by atoms with Crippen molar-refractivity contribution in [3.8, 4) is 0 Å². The van der Waals surface area contributed by atoms with Crippen molar-refractivity contribution in [3.63, 3.8) is 0 Å². The third-order valence-electron chi connectivity index (χ3n) is 4.03. The van der Waals surface area contributed by atoms with Gasteiger partial charge in [-0.1, -0.05) is 12.1 Å². The summed E-state index contributed by atoms with van der Waals surface area (Å²) in [6, 6.07) is 10.3. The number of likely N-dealkylation sites (tertiary alicyclic amines) is 1. The molecule has 1 saturated heterocycles. The fraction of sp³-hybridized carbons (Fsp3) is 0.353. The highest BCUT2D eigenvalue weighted by molar-refractivity contribution is 5.94. The molecule has 0 atom stereocenters. The van der Waals surface area contributed by atoms with E-state index < -0.39 is 5.82 Å². The summed E-state index contributed by atoms with van der Waals surface area (Å²) < 4.78 is 19.0. The highest BCUT2D eigenvalue weighted by atomic mass is 19.1. The zero-order valence-electron chi connectivity index (χ0n) is 12.3. The van der Waals surface area contributed by atoms with Crippen molar-refractivity contribution in [2.75, 3.05) is 13.1 Å². The standard InChI is InChI=1S/C17H19FN2O2/c18-16-6-2-1-5-15(16)17(21)20-9-7-13(8-10-20)19-12-14-4-3-11-22-14/h1-6,11,13,19H,7-10,12H2. The van der Waals surface area contributed by atoms with Gasteiger partial charge >= 0.3 is 0 Å². The molecule has 1 aliphatic heterocycles.